The van der Waals surface area contributed by atoms with Crippen molar-refractivity contribution in [2.75, 3.05) is 10.6 Å². The molecule has 6 heteroatoms. The maximum absolute atomic E-state index is 12.5. The van der Waals surface area contributed by atoms with Crippen LogP contribution in [0.3, 0.4) is 0 Å². The zero-order valence-corrected chi connectivity index (χ0v) is 14.6. The van der Waals surface area contributed by atoms with E-state index in [-0.39, 0.29) is 11.6 Å². The van der Waals surface area contributed by atoms with E-state index in [4.69, 9.17) is 5.26 Å². The molecule has 0 saturated carbocycles. The van der Waals surface area contributed by atoms with Crippen molar-refractivity contribution in [3.63, 3.8) is 0 Å². The summed E-state index contributed by atoms with van der Waals surface area (Å²) in [5, 5.41) is 14.4. The van der Waals surface area contributed by atoms with E-state index in [0.717, 1.165) is 5.56 Å². The molecule has 0 unspecified atom stereocenters. The van der Waals surface area contributed by atoms with Crippen molar-refractivity contribution in [2.45, 2.75) is 6.92 Å². The van der Waals surface area contributed by atoms with E-state index in [1.165, 1.54) is 12.3 Å². The Kier molecular flexibility index (Phi) is 5.24. The number of nitrogens with one attached hydrogen (secondary N) is 2. The van der Waals surface area contributed by atoms with Crippen LogP contribution in [-0.4, -0.2) is 16.8 Å². The first-order valence-corrected chi connectivity index (χ1v) is 8.21. The topological polar surface area (TPSA) is 94.9 Å². The van der Waals surface area contributed by atoms with Gasteiger partial charge >= 0.3 is 0 Å². The summed E-state index contributed by atoms with van der Waals surface area (Å²) >= 11 is 0. The molecule has 0 bridgehead atoms. The highest BCUT2D eigenvalue weighted by atomic mass is 16.2. The Morgan fingerprint density at radius 1 is 0.963 bits per heavy atom. The minimum Gasteiger partial charge on any atom is -0.322 e. The first-order valence-electron chi connectivity index (χ1n) is 8.21. The van der Waals surface area contributed by atoms with Crippen LogP contribution in [0.5, 0.6) is 0 Å². The zero-order chi connectivity index (χ0) is 19.2. The van der Waals surface area contributed by atoms with Crippen molar-refractivity contribution in [2.24, 2.45) is 0 Å². The maximum atomic E-state index is 12.5. The van der Waals surface area contributed by atoms with Gasteiger partial charge < -0.3 is 10.6 Å². The third kappa shape index (κ3) is 4.35. The summed E-state index contributed by atoms with van der Waals surface area (Å²) in [6.07, 6.45) is 1.41. The predicted octanol–water partition coefficient (Wildman–Crippen LogP) is 3.77. The molecule has 27 heavy (non-hydrogen) atoms. The summed E-state index contributed by atoms with van der Waals surface area (Å²) < 4.78 is 0. The molecule has 0 aliphatic rings. The molecule has 1 aromatic heterocycles. The summed E-state index contributed by atoms with van der Waals surface area (Å²) in [5.74, 6) is -0.789. The Morgan fingerprint density at radius 2 is 1.78 bits per heavy atom. The quantitative estimate of drug-likeness (QED) is 0.744. The van der Waals surface area contributed by atoms with Crippen LogP contribution < -0.4 is 10.6 Å². The number of benzene rings is 2. The Morgan fingerprint density at radius 3 is 2.56 bits per heavy atom. The number of anilines is 2. The van der Waals surface area contributed by atoms with E-state index in [9.17, 15) is 9.59 Å². The molecule has 0 spiro atoms. The van der Waals surface area contributed by atoms with Crippen molar-refractivity contribution in [1.29, 1.82) is 5.26 Å². The van der Waals surface area contributed by atoms with Crippen LogP contribution in [0.4, 0.5) is 11.4 Å². The monoisotopic (exact) mass is 356 g/mol. The number of para-hydroxylation sites is 1. The number of rotatable bonds is 4. The molecule has 2 N–H and O–H groups in total. The van der Waals surface area contributed by atoms with Gasteiger partial charge in [0.25, 0.3) is 11.8 Å². The molecule has 2 aromatic carbocycles. The summed E-state index contributed by atoms with van der Waals surface area (Å²) in [6, 6.07) is 19.0. The number of hydrogen-bond acceptors (Lipinski definition) is 4. The van der Waals surface area contributed by atoms with E-state index in [0.29, 0.717) is 22.5 Å². The van der Waals surface area contributed by atoms with Crippen LogP contribution in [-0.2, 0) is 0 Å². The molecule has 0 atom stereocenters. The van der Waals surface area contributed by atoms with Crippen LogP contribution in [0.2, 0.25) is 0 Å². The predicted molar refractivity (Wildman–Crippen MR) is 102 cm³/mol. The van der Waals surface area contributed by atoms with E-state index in [1.54, 1.807) is 30.3 Å². The maximum Gasteiger partial charge on any atom is 0.274 e. The number of aryl methyl sites for hydroxylation is 1. The summed E-state index contributed by atoms with van der Waals surface area (Å²) in [7, 11) is 0. The third-order valence-electron chi connectivity index (χ3n) is 3.90. The Labute approximate surface area is 156 Å². The van der Waals surface area contributed by atoms with Gasteiger partial charge in [0.05, 0.1) is 11.6 Å². The first-order chi connectivity index (χ1) is 13.1. The van der Waals surface area contributed by atoms with Gasteiger partial charge in [-0.15, -0.1) is 0 Å². The van der Waals surface area contributed by atoms with Crippen molar-refractivity contribution in [3.8, 4) is 6.07 Å². The molecule has 2 amide bonds. The minimum absolute atomic E-state index is 0.106. The lowest BCUT2D eigenvalue weighted by Crippen LogP contribution is -2.17. The lowest BCUT2D eigenvalue weighted by Gasteiger charge is -2.09. The van der Waals surface area contributed by atoms with E-state index < -0.39 is 5.91 Å². The van der Waals surface area contributed by atoms with E-state index in [1.807, 2.05) is 37.3 Å². The molecule has 6 nitrogen and oxygen atoms in total. The standard InChI is InChI=1S/C21H16N4O2/c1-14-5-2-3-8-18(14)25-20(26)16-9-10-23-19(12-16)21(27)24-17-7-4-6-15(11-17)13-22/h2-12H,1H3,(H,24,27)(H,25,26). The molecule has 0 saturated heterocycles. The average molecular weight is 356 g/mol. The Hall–Kier alpha value is -3.98. The smallest absolute Gasteiger partial charge is 0.274 e. The lowest BCUT2D eigenvalue weighted by atomic mass is 10.1. The fourth-order valence-corrected chi connectivity index (χ4v) is 2.47. The van der Waals surface area contributed by atoms with Crippen LogP contribution in [0.25, 0.3) is 0 Å². The number of aromatic nitrogens is 1. The summed E-state index contributed by atoms with van der Waals surface area (Å²) in [6.45, 7) is 1.90. The van der Waals surface area contributed by atoms with Crippen LogP contribution in [0.15, 0.2) is 66.9 Å². The second-order valence-corrected chi connectivity index (χ2v) is 5.85. The van der Waals surface area contributed by atoms with Crippen LogP contribution in [0, 0.1) is 18.3 Å². The van der Waals surface area contributed by atoms with Crippen molar-refractivity contribution in [3.05, 3.63) is 89.2 Å². The number of nitriles is 1. The number of carbonyl (C=O) groups is 2. The van der Waals surface area contributed by atoms with Gasteiger partial charge in [-0.1, -0.05) is 24.3 Å². The lowest BCUT2D eigenvalue weighted by molar-refractivity contribution is 0.102. The van der Waals surface area contributed by atoms with Gasteiger partial charge in [0, 0.05) is 23.1 Å². The molecule has 0 aliphatic heterocycles. The van der Waals surface area contributed by atoms with Crippen LogP contribution in [0.1, 0.15) is 32.0 Å². The minimum atomic E-state index is -0.462. The second kappa shape index (κ2) is 7.93. The summed E-state index contributed by atoms with van der Waals surface area (Å²) in [4.78, 5) is 28.9. The van der Waals surface area contributed by atoms with E-state index >= 15 is 0 Å². The largest absolute Gasteiger partial charge is 0.322 e. The summed E-state index contributed by atoms with van der Waals surface area (Å²) in [5.41, 5.74) is 3.00. The van der Waals surface area contributed by atoms with Gasteiger partial charge in [0.15, 0.2) is 0 Å². The Balaban J connectivity index is 1.76. The molecule has 0 fully saturated rings. The molecule has 132 valence electrons. The normalized spacial score (nSPS) is 9.93. The van der Waals surface area contributed by atoms with Gasteiger partial charge in [-0.25, -0.2) is 0 Å². The molecule has 1 heterocycles. The molecular weight excluding hydrogens is 340 g/mol. The number of pyridine rings is 1. The molecule has 3 rings (SSSR count). The molecule has 0 aliphatic carbocycles. The second-order valence-electron chi connectivity index (χ2n) is 5.85. The van der Waals surface area contributed by atoms with Gasteiger partial charge in [-0.2, -0.15) is 5.26 Å². The van der Waals surface area contributed by atoms with Gasteiger partial charge in [-0.05, 0) is 48.9 Å². The zero-order valence-electron chi connectivity index (χ0n) is 14.6. The number of hydrogen-bond donors (Lipinski definition) is 2. The fraction of sp³-hybridized carbons (Fsp3) is 0.0476. The fourth-order valence-electron chi connectivity index (χ4n) is 2.47. The highest BCUT2D eigenvalue weighted by Crippen LogP contribution is 2.15. The molecule has 0 radical (unpaired) electrons. The van der Waals surface area contributed by atoms with E-state index in [2.05, 4.69) is 15.6 Å². The average Bonchev–Trinajstić information content (AvgIpc) is 2.70. The van der Waals surface area contributed by atoms with Crippen molar-refractivity contribution < 1.29 is 9.59 Å². The van der Waals surface area contributed by atoms with Gasteiger partial charge in [0.2, 0.25) is 0 Å². The molecule has 3 aromatic rings. The number of nitrogens with zero attached hydrogens (tertiary/aromatic N) is 2. The number of amides is 2. The third-order valence-corrected chi connectivity index (χ3v) is 3.90. The van der Waals surface area contributed by atoms with Gasteiger partial charge in [0.1, 0.15) is 5.69 Å². The number of carbonyl (C=O) groups excluding carboxylic acids is 2. The Bertz CT molecular complexity index is 1050. The van der Waals surface area contributed by atoms with Crippen molar-refractivity contribution >= 4 is 23.2 Å². The highest BCUT2D eigenvalue weighted by molar-refractivity contribution is 6.08. The first kappa shape index (κ1) is 17.8. The SMILES string of the molecule is Cc1ccccc1NC(=O)c1ccnc(C(=O)Nc2cccc(C#N)c2)c1. The van der Waals surface area contributed by atoms with Gasteiger partial charge in [-0.3, -0.25) is 14.6 Å². The van der Waals surface area contributed by atoms with Crippen molar-refractivity contribution in [1.82, 2.24) is 4.98 Å². The highest BCUT2D eigenvalue weighted by Gasteiger charge is 2.13. The molecular formula is C21H16N4O2. The van der Waals surface area contributed by atoms with Crippen LogP contribution >= 0.6 is 0 Å².